The Morgan fingerprint density at radius 3 is 2.73 bits per heavy atom. The Hall–Kier alpha value is -3.57. The first-order chi connectivity index (χ1) is 14.5. The number of hydrogen-bond acceptors (Lipinski definition) is 7. The van der Waals surface area contributed by atoms with Crippen molar-refractivity contribution in [3.8, 4) is 0 Å². The molecule has 30 heavy (non-hydrogen) atoms. The van der Waals surface area contributed by atoms with Crippen LogP contribution in [-0.2, 0) is 9.53 Å². The number of anilines is 2. The summed E-state index contributed by atoms with van der Waals surface area (Å²) in [6.07, 6.45) is 5.16. The van der Waals surface area contributed by atoms with Crippen molar-refractivity contribution in [3.05, 3.63) is 36.2 Å². The zero-order chi connectivity index (χ0) is 20.9. The average Bonchev–Trinajstić information content (AvgIpc) is 3.04. The number of hydrazone groups is 1. The molecule has 12 heteroatoms. The second-order valence-corrected chi connectivity index (χ2v) is 7.40. The van der Waals surface area contributed by atoms with Crippen LogP contribution in [0.5, 0.6) is 0 Å². The Balaban J connectivity index is 1.38. The van der Waals surface area contributed by atoms with E-state index in [1.165, 1.54) is 27.2 Å². The fraction of sp³-hybridized carbons (Fsp3) is 0.389. The molecule has 2 amide bonds. The molecule has 0 radical (unpaired) electrons. The molecule has 1 spiro atoms. The normalized spacial score (nSPS) is 25.6. The van der Waals surface area contributed by atoms with Crippen LogP contribution in [0, 0.1) is 11.6 Å². The van der Waals surface area contributed by atoms with Crippen LogP contribution in [-0.4, -0.2) is 70.4 Å². The molecule has 0 unspecified atom stereocenters. The molecule has 2 fully saturated rings. The lowest BCUT2D eigenvalue weighted by molar-refractivity contribution is -0.117. The summed E-state index contributed by atoms with van der Waals surface area (Å²) in [5.74, 6) is -1.72. The minimum atomic E-state index is -0.862. The lowest BCUT2D eigenvalue weighted by Gasteiger charge is -2.22. The number of halogens is 2. The first kappa shape index (κ1) is 18.5. The van der Waals surface area contributed by atoms with Crippen LogP contribution in [0.3, 0.4) is 0 Å². The summed E-state index contributed by atoms with van der Waals surface area (Å²) >= 11 is 0. The van der Waals surface area contributed by atoms with Gasteiger partial charge in [0.15, 0.2) is 17.2 Å². The number of amides is 2. The van der Waals surface area contributed by atoms with Crippen molar-refractivity contribution in [3.63, 3.8) is 0 Å². The lowest BCUT2D eigenvalue weighted by Crippen LogP contribution is -2.30. The Bertz CT molecular complexity index is 1010. The van der Waals surface area contributed by atoms with Gasteiger partial charge in [0.2, 0.25) is 6.41 Å². The standard InChI is InChI=1S/C18H17F2N7O3/c19-13-7-12(8-14(20)16(13)27-6-5-24(11-28)3-2-22-27)25-10-18(30-17(25)29)9-15(18)26-4-1-21-23-26/h1-2,4,7-8,11,15H,3,5-6,9-10H2/t15-,18-/m0/s1. The molecule has 2 aromatic rings. The minimum absolute atomic E-state index is 0.0631. The number of hydrogen-bond donors (Lipinski definition) is 0. The summed E-state index contributed by atoms with van der Waals surface area (Å²) in [6, 6.07) is 2.02. The third-order valence-corrected chi connectivity index (χ3v) is 5.54. The topological polar surface area (TPSA) is 96.2 Å². The van der Waals surface area contributed by atoms with Gasteiger partial charge >= 0.3 is 6.09 Å². The number of rotatable bonds is 4. The monoisotopic (exact) mass is 417 g/mol. The van der Waals surface area contributed by atoms with Crippen molar-refractivity contribution >= 4 is 30.1 Å². The molecule has 3 aliphatic rings. The van der Waals surface area contributed by atoms with Crippen LogP contribution >= 0.6 is 0 Å². The second kappa shape index (κ2) is 6.75. The Kier molecular flexibility index (Phi) is 4.15. The number of benzene rings is 1. The Labute approximate surface area is 169 Å². The zero-order valence-corrected chi connectivity index (χ0v) is 15.7. The van der Waals surface area contributed by atoms with E-state index in [2.05, 4.69) is 15.4 Å². The van der Waals surface area contributed by atoms with E-state index in [1.807, 2.05) is 0 Å². The highest BCUT2D eigenvalue weighted by Gasteiger charge is 2.65. The van der Waals surface area contributed by atoms with E-state index >= 15 is 0 Å². The molecule has 0 N–H and O–H groups in total. The molecule has 3 heterocycles. The first-order valence-electron chi connectivity index (χ1n) is 9.35. The van der Waals surface area contributed by atoms with Crippen LogP contribution in [0.2, 0.25) is 0 Å². The van der Waals surface area contributed by atoms with Crippen molar-refractivity contribution in [1.82, 2.24) is 19.9 Å². The molecule has 0 bridgehead atoms. The molecular formula is C18H17F2N7O3. The molecule has 1 saturated heterocycles. The van der Waals surface area contributed by atoms with Gasteiger partial charge in [0, 0.05) is 37.5 Å². The van der Waals surface area contributed by atoms with E-state index in [0.717, 1.165) is 12.1 Å². The smallest absolute Gasteiger partial charge is 0.415 e. The summed E-state index contributed by atoms with van der Waals surface area (Å²) in [4.78, 5) is 26.0. The van der Waals surface area contributed by atoms with Gasteiger partial charge in [-0.2, -0.15) is 5.10 Å². The molecule has 1 aliphatic carbocycles. The van der Waals surface area contributed by atoms with Crippen LogP contribution in [0.1, 0.15) is 12.5 Å². The highest BCUT2D eigenvalue weighted by molar-refractivity contribution is 5.91. The highest BCUT2D eigenvalue weighted by atomic mass is 19.1. The number of aromatic nitrogens is 3. The van der Waals surface area contributed by atoms with Crippen LogP contribution in [0.15, 0.2) is 29.6 Å². The van der Waals surface area contributed by atoms with E-state index in [4.69, 9.17) is 4.74 Å². The fourth-order valence-electron chi connectivity index (χ4n) is 3.89. The third kappa shape index (κ3) is 2.95. The quantitative estimate of drug-likeness (QED) is 0.693. The SMILES string of the molecule is O=CN1CC=NN(c2c(F)cc(N3C[C@]4(C[C@@H]4n4ccnn4)OC3=O)cc2F)CC1. The molecule has 156 valence electrons. The largest absolute Gasteiger partial charge is 0.438 e. The number of nitrogens with zero attached hydrogens (tertiary/aromatic N) is 7. The van der Waals surface area contributed by atoms with Crippen LogP contribution < -0.4 is 9.91 Å². The third-order valence-electron chi connectivity index (χ3n) is 5.54. The summed E-state index contributed by atoms with van der Waals surface area (Å²) in [6.45, 7) is 0.826. The van der Waals surface area contributed by atoms with E-state index < -0.39 is 23.3 Å². The van der Waals surface area contributed by atoms with Gasteiger partial charge < -0.3 is 9.64 Å². The Morgan fingerprint density at radius 2 is 2.03 bits per heavy atom. The zero-order valence-electron chi connectivity index (χ0n) is 15.7. The Morgan fingerprint density at radius 1 is 1.23 bits per heavy atom. The molecule has 1 aromatic heterocycles. The predicted molar refractivity (Wildman–Crippen MR) is 100 cm³/mol. The maximum atomic E-state index is 14.9. The summed E-state index contributed by atoms with van der Waals surface area (Å²) < 4.78 is 36.8. The summed E-state index contributed by atoms with van der Waals surface area (Å²) in [5, 5.41) is 12.9. The summed E-state index contributed by atoms with van der Waals surface area (Å²) in [5.41, 5.74) is -1.05. The molecule has 5 rings (SSSR count). The first-order valence-corrected chi connectivity index (χ1v) is 9.35. The van der Waals surface area contributed by atoms with Gasteiger partial charge in [-0.05, 0) is 0 Å². The number of carbonyl (C=O) groups is 2. The molecule has 1 saturated carbocycles. The van der Waals surface area contributed by atoms with Crippen LogP contribution in [0.4, 0.5) is 25.0 Å². The average molecular weight is 417 g/mol. The molecule has 2 aliphatic heterocycles. The van der Waals surface area contributed by atoms with Gasteiger partial charge in [0.1, 0.15) is 5.69 Å². The molecular weight excluding hydrogens is 400 g/mol. The highest BCUT2D eigenvalue weighted by Crippen LogP contribution is 2.54. The van der Waals surface area contributed by atoms with Gasteiger partial charge in [0.05, 0.1) is 37.6 Å². The number of carbonyl (C=O) groups excluding carboxylic acids is 2. The second-order valence-electron chi connectivity index (χ2n) is 7.40. The number of ether oxygens (including phenoxy) is 1. The van der Waals surface area contributed by atoms with E-state index in [0.29, 0.717) is 12.8 Å². The van der Waals surface area contributed by atoms with Crippen LogP contribution in [0.25, 0.3) is 0 Å². The van der Waals surface area contributed by atoms with E-state index in [1.54, 1.807) is 10.9 Å². The fourth-order valence-corrected chi connectivity index (χ4v) is 3.89. The molecule has 2 atom stereocenters. The molecule has 10 nitrogen and oxygen atoms in total. The predicted octanol–water partition coefficient (Wildman–Crippen LogP) is 1.16. The van der Waals surface area contributed by atoms with E-state index in [-0.39, 0.29) is 43.6 Å². The lowest BCUT2D eigenvalue weighted by atomic mass is 10.2. The van der Waals surface area contributed by atoms with Crippen molar-refractivity contribution in [1.29, 1.82) is 0 Å². The van der Waals surface area contributed by atoms with Crippen molar-refractivity contribution in [2.45, 2.75) is 18.1 Å². The van der Waals surface area contributed by atoms with Gasteiger partial charge in [-0.15, -0.1) is 5.10 Å². The van der Waals surface area contributed by atoms with Crippen molar-refractivity contribution < 1.29 is 23.1 Å². The maximum Gasteiger partial charge on any atom is 0.415 e. The maximum absolute atomic E-state index is 14.9. The van der Waals surface area contributed by atoms with E-state index in [9.17, 15) is 18.4 Å². The van der Waals surface area contributed by atoms with Crippen molar-refractivity contribution in [2.75, 3.05) is 36.1 Å². The van der Waals surface area contributed by atoms with Gasteiger partial charge in [-0.1, -0.05) is 5.21 Å². The van der Waals surface area contributed by atoms with Gasteiger partial charge in [-0.25, -0.2) is 18.3 Å². The van der Waals surface area contributed by atoms with Gasteiger partial charge in [-0.3, -0.25) is 14.7 Å². The van der Waals surface area contributed by atoms with Crippen molar-refractivity contribution in [2.24, 2.45) is 5.10 Å². The summed E-state index contributed by atoms with van der Waals surface area (Å²) in [7, 11) is 0. The molecule has 1 aromatic carbocycles. The minimum Gasteiger partial charge on any atom is -0.438 e. The van der Waals surface area contributed by atoms with Gasteiger partial charge in [0.25, 0.3) is 0 Å².